The standard InChI is InChI=1S/C29H47ClO4/c1-3-29(19-11-12-20-29)18-10-8-15-24-23(14-6-4-5-7-16-27(31)32-2)25(30)22-26(24)34-28-17-9-13-21-33-28/h4,6,8,15,23-26,28H,3,5,7,9-14,16-22H2,1-2H3/b6-4-,15-8+/t23-,24-,25-,26-,28?/m1/s1. The number of methoxy groups -OCH3 is 1. The summed E-state index contributed by atoms with van der Waals surface area (Å²) in [6, 6.07) is 0. The van der Waals surface area contributed by atoms with Gasteiger partial charge in [-0.3, -0.25) is 4.79 Å². The Labute approximate surface area is 212 Å². The molecule has 3 aliphatic rings. The van der Waals surface area contributed by atoms with E-state index in [0.717, 1.165) is 51.6 Å². The Hall–Kier alpha value is -0.840. The van der Waals surface area contributed by atoms with Crippen molar-refractivity contribution in [2.75, 3.05) is 13.7 Å². The summed E-state index contributed by atoms with van der Waals surface area (Å²) in [7, 11) is 1.44. The van der Waals surface area contributed by atoms with Gasteiger partial charge in [0.15, 0.2) is 6.29 Å². The molecule has 0 aromatic carbocycles. The molecule has 2 aliphatic carbocycles. The SMILES string of the molecule is CCC1(CC/C=C/[C@@H]2[C@@H](C/C=C\CCCC(=O)OC)[C@H](Cl)C[C@H]2OC2CCCCO2)CCCC1. The lowest BCUT2D eigenvalue weighted by atomic mass is 9.79. The molecule has 0 aromatic rings. The number of rotatable bonds is 13. The van der Waals surface area contributed by atoms with Gasteiger partial charge in [0.05, 0.1) is 13.2 Å². The molecule has 34 heavy (non-hydrogen) atoms. The quantitative estimate of drug-likeness (QED) is 0.114. The number of hydrogen-bond acceptors (Lipinski definition) is 4. The van der Waals surface area contributed by atoms with Crippen LogP contribution in [0.5, 0.6) is 0 Å². The maximum absolute atomic E-state index is 11.3. The number of halogens is 1. The Bertz CT molecular complexity index is 649. The minimum absolute atomic E-state index is 0.0759. The van der Waals surface area contributed by atoms with Crippen LogP contribution in [0.3, 0.4) is 0 Å². The molecule has 0 aromatic heterocycles. The van der Waals surface area contributed by atoms with Crippen molar-refractivity contribution < 1.29 is 19.0 Å². The molecule has 1 saturated heterocycles. The van der Waals surface area contributed by atoms with E-state index in [-0.39, 0.29) is 23.7 Å². The van der Waals surface area contributed by atoms with Gasteiger partial charge in [-0.2, -0.15) is 0 Å². The molecular weight excluding hydrogens is 448 g/mol. The molecule has 0 spiro atoms. The second-order valence-electron chi connectivity index (χ2n) is 10.7. The predicted molar refractivity (Wildman–Crippen MR) is 139 cm³/mol. The van der Waals surface area contributed by atoms with Crippen LogP contribution in [0, 0.1) is 17.3 Å². The lowest BCUT2D eigenvalue weighted by Crippen LogP contribution is -2.30. The largest absolute Gasteiger partial charge is 0.469 e. The van der Waals surface area contributed by atoms with E-state index in [1.165, 1.54) is 52.1 Å². The van der Waals surface area contributed by atoms with E-state index >= 15 is 0 Å². The van der Waals surface area contributed by atoms with Crippen molar-refractivity contribution in [1.82, 2.24) is 0 Å². The highest BCUT2D eigenvalue weighted by molar-refractivity contribution is 6.21. The van der Waals surface area contributed by atoms with Crippen LogP contribution in [0.2, 0.25) is 0 Å². The number of unbranched alkanes of at least 4 members (excludes halogenated alkanes) is 1. The number of allylic oxidation sites excluding steroid dienone is 3. The van der Waals surface area contributed by atoms with Crippen LogP contribution in [0.1, 0.15) is 103 Å². The van der Waals surface area contributed by atoms with Gasteiger partial charge in [-0.05, 0) is 82.0 Å². The fourth-order valence-electron chi connectivity index (χ4n) is 6.19. The Kier molecular flexibility index (Phi) is 12.0. The molecule has 5 atom stereocenters. The summed E-state index contributed by atoms with van der Waals surface area (Å²) in [5.41, 5.74) is 0.577. The van der Waals surface area contributed by atoms with Gasteiger partial charge in [-0.1, -0.05) is 50.5 Å². The number of carbonyl (C=O) groups excluding carboxylic acids is 1. The van der Waals surface area contributed by atoms with Crippen LogP contribution in [0.4, 0.5) is 0 Å². The third-order valence-corrected chi connectivity index (χ3v) is 8.98. The zero-order chi connectivity index (χ0) is 24.2. The third kappa shape index (κ3) is 8.38. The topological polar surface area (TPSA) is 44.8 Å². The van der Waals surface area contributed by atoms with Gasteiger partial charge >= 0.3 is 5.97 Å². The molecule has 0 radical (unpaired) electrons. The van der Waals surface area contributed by atoms with Gasteiger partial charge < -0.3 is 14.2 Å². The van der Waals surface area contributed by atoms with Crippen LogP contribution >= 0.6 is 11.6 Å². The van der Waals surface area contributed by atoms with Crippen molar-refractivity contribution >= 4 is 17.6 Å². The van der Waals surface area contributed by atoms with Crippen molar-refractivity contribution in [3.05, 3.63) is 24.3 Å². The molecular formula is C29H47ClO4. The monoisotopic (exact) mass is 494 g/mol. The maximum atomic E-state index is 11.3. The fourth-order valence-corrected chi connectivity index (χ4v) is 6.63. The van der Waals surface area contributed by atoms with Crippen LogP contribution in [0.25, 0.3) is 0 Å². The van der Waals surface area contributed by atoms with Gasteiger partial charge in [0, 0.05) is 24.3 Å². The Balaban J connectivity index is 1.56. The predicted octanol–water partition coefficient (Wildman–Crippen LogP) is 7.74. The van der Waals surface area contributed by atoms with Crippen molar-refractivity contribution in [3.8, 4) is 0 Å². The molecule has 5 heteroatoms. The highest BCUT2D eigenvalue weighted by Crippen LogP contribution is 2.45. The van der Waals surface area contributed by atoms with Gasteiger partial charge in [0.2, 0.25) is 0 Å². The summed E-state index contributed by atoms with van der Waals surface area (Å²) < 4.78 is 17.1. The number of ether oxygens (including phenoxy) is 3. The molecule has 0 N–H and O–H groups in total. The van der Waals surface area contributed by atoms with Crippen molar-refractivity contribution in [1.29, 1.82) is 0 Å². The first-order chi connectivity index (χ1) is 16.6. The lowest BCUT2D eigenvalue weighted by molar-refractivity contribution is -0.192. The number of alkyl halides is 1. The third-order valence-electron chi connectivity index (χ3n) is 8.48. The van der Waals surface area contributed by atoms with Crippen molar-refractivity contribution in [2.24, 2.45) is 17.3 Å². The molecule has 3 fully saturated rings. The van der Waals surface area contributed by atoms with Crippen molar-refractivity contribution in [2.45, 2.75) is 121 Å². The molecule has 0 bridgehead atoms. The number of hydrogen-bond donors (Lipinski definition) is 0. The average molecular weight is 495 g/mol. The average Bonchev–Trinajstić information content (AvgIpc) is 3.44. The van der Waals surface area contributed by atoms with Gasteiger partial charge in [-0.15, -0.1) is 11.6 Å². The van der Waals surface area contributed by atoms with Gasteiger partial charge in [0.1, 0.15) is 0 Å². The molecule has 2 saturated carbocycles. The summed E-state index contributed by atoms with van der Waals surface area (Å²) in [4.78, 5) is 11.3. The molecule has 3 rings (SSSR count). The summed E-state index contributed by atoms with van der Waals surface area (Å²) >= 11 is 6.90. The van der Waals surface area contributed by atoms with E-state index in [0.29, 0.717) is 23.7 Å². The van der Waals surface area contributed by atoms with Crippen LogP contribution in [-0.4, -0.2) is 37.5 Å². The van der Waals surface area contributed by atoms with E-state index in [2.05, 4.69) is 31.2 Å². The fraction of sp³-hybridized carbons (Fsp3) is 0.828. The molecule has 4 nitrogen and oxygen atoms in total. The first-order valence-corrected chi connectivity index (χ1v) is 14.3. The smallest absolute Gasteiger partial charge is 0.305 e. The molecule has 1 aliphatic heterocycles. The summed E-state index contributed by atoms with van der Waals surface area (Å²) in [5, 5.41) is 0.111. The Morgan fingerprint density at radius 3 is 2.65 bits per heavy atom. The zero-order valence-electron chi connectivity index (χ0n) is 21.5. The van der Waals surface area contributed by atoms with Crippen LogP contribution in [-0.2, 0) is 19.0 Å². The molecule has 194 valence electrons. The normalized spacial score (nSPS) is 31.6. The summed E-state index contributed by atoms with van der Waals surface area (Å²) in [5.74, 6) is 0.562. The van der Waals surface area contributed by atoms with E-state index in [4.69, 9.17) is 25.8 Å². The molecule has 0 amide bonds. The Morgan fingerprint density at radius 1 is 1.12 bits per heavy atom. The summed E-state index contributed by atoms with van der Waals surface area (Å²) in [6.07, 6.45) is 26.0. The van der Waals surface area contributed by atoms with E-state index in [1.54, 1.807) is 0 Å². The van der Waals surface area contributed by atoms with Gasteiger partial charge in [0.25, 0.3) is 0 Å². The van der Waals surface area contributed by atoms with Crippen molar-refractivity contribution in [3.63, 3.8) is 0 Å². The lowest BCUT2D eigenvalue weighted by Gasteiger charge is -2.29. The Morgan fingerprint density at radius 2 is 1.94 bits per heavy atom. The highest BCUT2D eigenvalue weighted by Gasteiger charge is 2.42. The second kappa shape index (κ2) is 14.7. The first kappa shape index (κ1) is 27.7. The minimum atomic E-state index is -0.136. The van der Waals surface area contributed by atoms with Gasteiger partial charge in [-0.25, -0.2) is 0 Å². The second-order valence-corrected chi connectivity index (χ2v) is 11.2. The summed E-state index contributed by atoms with van der Waals surface area (Å²) in [6.45, 7) is 3.17. The highest BCUT2D eigenvalue weighted by atomic mass is 35.5. The maximum Gasteiger partial charge on any atom is 0.305 e. The molecule has 1 heterocycles. The van der Waals surface area contributed by atoms with Crippen LogP contribution in [0.15, 0.2) is 24.3 Å². The zero-order valence-corrected chi connectivity index (χ0v) is 22.3. The molecule has 1 unspecified atom stereocenters. The van der Waals surface area contributed by atoms with E-state index in [9.17, 15) is 4.79 Å². The van der Waals surface area contributed by atoms with Crippen LogP contribution < -0.4 is 0 Å². The van der Waals surface area contributed by atoms with E-state index < -0.39 is 0 Å². The number of carbonyl (C=O) groups is 1. The van der Waals surface area contributed by atoms with E-state index in [1.807, 2.05) is 0 Å². The first-order valence-electron chi connectivity index (χ1n) is 13.9. The minimum Gasteiger partial charge on any atom is -0.469 e. The number of esters is 1.